The third-order valence-corrected chi connectivity index (χ3v) is 10.9. The van der Waals surface area contributed by atoms with E-state index < -0.39 is 76.1 Å². The molecule has 10 heteroatoms. The lowest BCUT2D eigenvalue weighted by molar-refractivity contribution is -0.233. The van der Waals surface area contributed by atoms with Crippen LogP contribution in [0.15, 0.2) is 23.8 Å². The molecule has 0 aromatic heterocycles. The Morgan fingerprint density at radius 2 is 1.77 bits per heavy atom. The van der Waals surface area contributed by atoms with E-state index in [4.69, 9.17) is 14.2 Å². The molecule has 5 aliphatic rings. The van der Waals surface area contributed by atoms with E-state index in [0.717, 1.165) is 18.9 Å². The summed E-state index contributed by atoms with van der Waals surface area (Å²) in [5.41, 5.74) is -7.50. The minimum absolute atomic E-state index is 0.00745. The number of aliphatic carboxylic acids is 1. The maximum Gasteiger partial charge on any atom is 0.509 e. The summed E-state index contributed by atoms with van der Waals surface area (Å²) in [6.45, 7) is 4.70. The van der Waals surface area contributed by atoms with Crippen LogP contribution < -0.4 is 0 Å². The van der Waals surface area contributed by atoms with Crippen molar-refractivity contribution in [1.29, 1.82) is 0 Å². The largest absolute Gasteiger partial charge is 0.509 e. The van der Waals surface area contributed by atoms with Crippen molar-refractivity contribution < 1.29 is 47.6 Å². The zero-order valence-corrected chi connectivity index (χ0v) is 22.8. The van der Waals surface area contributed by atoms with Gasteiger partial charge in [-0.3, -0.25) is 4.79 Å². The highest BCUT2D eigenvalue weighted by atomic mass is 19.1. The maximum absolute atomic E-state index is 17.4. The van der Waals surface area contributed by atoms with Crippen molar-refractivity contribution >= 4 is 17.9 Å². The lowest BCUT2D eigenvalue weighted by atomic mass is 9.44. The first-order chi connectivity index (χ1) is 18.3. The molecule has 0 unspecified atom stereocenters. The Morgan fingerprint density at radius 3 is 2.41 bits per heavy atom. The minimum Gasteiger partial charge on any atom is -0.478 e. The van der Waals surface area contributed by atoms with Crippen LogP contribution in [0, 0.1) is 28.6 Å². The fraction of sp³-hybridized carbons (Fsp3) is 0.759. The van der Waals surface area contributed by atoms with Crippen LogP contribution in [0.2, 0.25) is 0 Å². The first-order valence-electron chi connectivity index (χ1n) is 13.9. The van der Waals surface area contributed by atoms with Crippen molar-refractivity contribution in [1.82, 2.24) is 0 Å². The molecule has 0 amide bonds. The molecule has 4 fully saturated rings. The van der Waals surface area contributed by atoms with Gasteiger partial charge in [0.15, 0.2) is 11.5 Å². The van der Waals surface area contributed by atoms with E-state index in [1.165, 1.54) is 26.2 Å². The standard InChI is InChI=1S/C29H38F2O8/c1-15-11-17-18-13-20(30)19-12-16(32)9-10-26(19,2)28(18,31)23(33)14-27(17,3)29(15,24(34)35)39-25(36)38-22-8-6-5-7-21(22)37-4/h9-10,12,15,17-18,20-23,33H,5-8,11,13-14H2,1-4H3,(H,34,35)/t15-,17+,18+,20+,21+,22+,23+,26+,27+,28+,29+/m1/s1. The van der Waals surface area contributed by atoms with E-state index in [-0.39, 0.29) is 30.9 Å². The lowest BCUT2D eigenvalue weighted by Gasteiger charge is -2.62. The molecule has 0 radical (unpaired) electrons. The molecule has 0 heterocycles. The molecule has 39 heavy (non-hydrogen) atoms. The number of hydrogen-bond acceptors (Lipinski definition) is 7. The second-order valence-electron chi connectivity index (χ2n) is 12.6. The molecule has 11 atom stereocenters. The van der Waals surface area contributed by atoms with Crippen LogP contribution in [0.5, 0.6) is 0 Å². The summed E-state index contributed by atoms with van der Waals surface area (Å²) in [6.07, 6.45) is 0.700. The van der Waals surface area contributed by atoms with Gasteiger partial charge in [-0.05, 0) is 69.1 Å². The quantitative estimate of drug-likeness (QED) is 0.490. The third-order valence-electron chi connectivity index (χ3n) is 10.9. The Balaban J connectivity index is 1.51. The fourth-order valence-electron chi connectivity index (χ4n) is 8.99. The molecule has 5 aliphatic carbocycles. The summed E-state index contributed by atoms with van der Waals surface area (Å²) in [5.74, 6) is -4.44. The number of hydrogen-bond donors (Lipinski definition) is 2. The van der Waals surface area contributed by atoms with Gasteiger partial charge in [-0.25, -0.2) is 18.4 Å². The normalized spacial score (nSPS) is 48.8. The van der Waals surface area contributed by atoms with Gasteiger partial charge in [0.05, 0.1) is 12.2 Å². The third kappa shape index (κ3) is 3.69. The summed E-state index contributed by atoms with van der Waals surface area (Å²) in [7, 11) is 1.52. The van der Waals surface area contributed by atoms with Gasteiger partial charge in [-0.15, -0.1) is 0 Å². The number of aliphatic hydroxyl groups excluding tert-OH is 1. The molecule has 0 saturated heterocycles. The van der Waals surface area contributed by atoms with E-state index in [0.29, 0.717) is 12.8 Å². The monoisotopic (exact) mass is 552 g/mol. The van der Waals surface area contributed by atoms with Crippen LogP contribution in [0.1, 0.15) is 65.7 Å². The van der Waals surface area contributed by atoms with E-state index in [1.807, 2.05) is 0 Å². The summed E-state index contributed by atoms with van der Waals surface area (Å²) >= 11 is 0. The molecule has 2 N–H and O–H groups in total. The number of ketones is 1. The van der Waals surface area contributed by atoms with Gasteiger partial charge in [0, 0.05) is 29.8 Å². The Labute approximate surface area is 226 Å². The average Bonchev–Trinajstić information content (AvgIpc) is 3.09. The van der Waals surface area contributed by atoms with Crippen LogP contribution >= 0.6 is 0 Å². The Kier molecular flexibility index (Phi) is 6.77. The van der Waals surface area contributed by atoms with Gasteiger partial charge >= 0.3 is 12.1 Å². The number of fused-ring (bicyclic) bond motifs is 5. The predicted octanol–water partition coefficient (Wildman–Crippen LogP) is 4.49. The second kappa shape index (κ2) is 9.36. The molecule has 0 bridgehead atoms. The highest BCUT2D eigenvalue weighted by Gasteiger charge is 2.78. The van der Waals surface area contributed by atoms with Crippen molar-refractivity contribution in [3.8, 4) is 0 Å². The molecule has 216 valence electrons. The smallest absolute Gasteiger partial charge is 0.478 e. The number of carboxylic acids is 1. The van der Waals surface area contributed by atoms with Crippen molar-refractivity contribution in [3.05, 3.63) is 23.8 Å². The highest BCUT2D eigenvalue weighted by molar-refractivity contribution is 6.01. The number of alkyl halides is 2. The number of rotatable bonds is 4. The van der Waals surface area contributed by atoms with Gasteiger partial charge in [0.2, 0.25) is 5.60 Å². The summed E-state index contributed by atoms with van der Waals surface area (Å²) in [5, 5.41) is 22.1. The average molecular weight is 553 g/mol. The number of methoxy groups -OCH3 is 1. The van der Waals surface area contributed by atoms with E-state index in [9.17, 15) is 24.6 Å². The fourth-order valence-corrected chi connectivity index (χ4v) is 8.99. The first-order valence-corrected chi connectivity index (χ1v) is 13.9. The van der Waals surface area contributed by atoms with Crippen molar-refractivity contribution in [2.75, 3.05) is 7.11 Å². The van der Waals surface area contributed by atoms with Gasteiger partial charge in [0.1, 0.15) is 12.3 Å². The van der Waals surface area contributed by atoms with E-state index >= 15 is 8.78 Å². The number of aliphatic hydroxyl groups is 1. The van der Waals surface area contributed by atoms with Gasteiger partial charge < -0.3 is 24.4 Å². The highest BCUT2D eigenvalue weighted by Crippen LogP contribution is 2.71. The number of halogens is 2. The van der Waals surface area contributed by atoms with E-state index in [1.54, 1.807) is 13.8 Å². The SMILES string of the molecule is CO[C@H]1CCCC[C@@H]1OC(=O)O[C@]1(C(=O)O)[C@H](C)C[C@H]2[C@@H]3C[C@H](F)C4=CC(=O)C=C[C@]4(C)[C@@]3(F)[C@@H](O)C[C@@]21C. The summed E-state index contributed by atoms with van der Waals surface area (Å²) < 4.78 is 49.8. The van der Waals surface area contributed by atoms with E-state index in [2.05, 4.69) is 0 Å². The topological polar surface area (TPSA) is 119 Å². The van der Waals surface area contributed by atoms with Crippen LogP contribution in [0.3, 0.4) is 0 Å². The molecule has 0 aliphatic heterocycles. The summed E-state index contributed by atoms with van der Waals surface area (Å²) in [4.78, 5) is 38.2. The van der Waals surface area contributed by atoms with Gasteiger partial charge in [-0.1, -0.05) is 26.3 Å². The van der Waals surface area contributed by atoms with Crippen molar-refractivity contribution in [2.24, 2.45) is 28.6 Å². The minimum atomic E-state index is -2.36. The molecule has 0 spiro atoms. The first kappa shape index (κ1) is 28.2. The number of allylic oxidation sites excluding steroid dienone is 4. The van der Waals surface area contributed by atoms with Crippen LogP contribution in [-0.4, -0.2) is 71.0 Å². The summed E-state index contributed by atoms with van der Waals surface area (Å²) in [6, 6.07) is 0. The van der Waals surface area contributed by atoms with Crippen molar-refractivity contribution in [2.45, 2.75) is 101 Å². The number of carbonyl (C=O) groups excluding carboxylic acids is 2. The Morgan fingerprint density at radius 1 is 1.10 bits per heavy atom. The van der Waals surface area contributed by atoms with Crippen LogP contribution in [0.4, 0.5) is 13.6 Å². The molecule has 4 saturated carbocycles. The Hall–Kier alpha value is -2.33. The van der Waals surface area contributed by atoms with Crippen LogP contribution in [-0.2, 0) is 23.8 Å². The molecule has 0 aromatic rings. The number of ether oxygens (including phenoxy) is 3. The van der Waals surface area contributed by atoms with Gasteiger partial charge in [-0.2, -0.15) is 0 Å². The molecular formula is C29H38F2O8. The number of carboxylic acid groups (broad SMARTS) is 1. The molecule has 0 aromatic carbocycles. The zero-order valence-electron chi connectivity index (χ0n) is 22.8. The van der Waals surface area contributed by atoms with Gasteiger partial charge in [0.25, 0.3) is 0 Å². The molecular weight excluding hydrogens is 514 g/mol. The molecule has 5 rings (SSSR count). The second-order valence-corrected chi connectivity index (χ2v) is 12.6. The van der Waals surface area contributed by atoms with Crippen molar-refractivity contribution in [3.63, 3.8) is 0 Å². The number of carbonyl (C=O) groups is 3. The lowest BCUT2D eigenvalue weighted by Crippen LogP contribution is -2.71. The maximum atomic E-state index is 17.4. The Bertz CT molecular complexity index is 1120. The predicted molar refractivity (Wildman–Crippen MR) is 134 cm³/mol. The van der Waals surface area contributed by atoms with Crippen LogP contribution in [0.25, 0.3) is 0 Å². The zero-order chi connectivity index (χ0) is 28.5. The molecule has 8 nitrogen and oxygen atoms in total.